The molecule has 16 heavy (non-hydrogen) atoms. The molecule has 1 aromatic carbocycles. The number of rotatable bonds is 2. The topological polar surface area (TPSA) is 46.4 Å². The first-order valence-electron chi connectivity index (χ1n) is 5.30. The zero-order valence-electron chi connectivity index (χ0n) is 9.22. The van der Waals surface area contributed by atoms with Gasteiger partial charge in [0.25, 0.3) is 5.69 Å². The number of likely N-dealkylation sites (N-methyl/N-ethyl adjacent to an activating group) is 1. The minimum atomic E-state index is -0.311. The zero-order chi connectivity index (χ0) is 11.5. The smallest absolute Gasteiger partial charge is 0.276 e. The number of nitro groups is 1. The molecular formula is C12H14N2O2. The SMILES string of the molecule is CN1CC=C(c2ccccc2[N+](=O)[O-])CC1. The van der Waals surface area contributed by atoms with Crippen molar-refractivity contribution in [2.45, 2.75) is 6.42 Å². The maximum absolute atomic E-state index is 10.9. The Bertz CT molecular complexity index is 440. The lowest BCUT2D eigenvalue weighted by Crippen LogP contribution is -2.23. The first-order valence-corrected chi connectivity index (χ1v) is 5.30. The minimum Gasteiger partial charge on any atom is -0.302 e. The Balaban J connectivity index is 2.37. The predicted octanol–water partition coefficient (Wildman–Crippen LogP) is 2.31. The second-order valence-corrected chi connectivity index (χ2v) is 4.02. The molecule has 0 aliphatic carbocycles. The van der Waals surface area contributed by atoms with E-state index in [0.717, 1.165) is 30.6 Å². The third-order valence-electron chi connectivity index (χ3n) is 2.86. The molecule has 0 radical (unpaired) electrons. The maximum atomic E-state index is 10.9. The first-order chi connectivity index (χ1) is 7.68. The Morgan fingerprint density at radius 3 is 2.75 bits per heavy atom. The molecule has 84 valence electrons. The Labute approximate surface area is 94.3 Å². The molecule has 0 bridgehead atoms. The van der Waals surface area contributed by atoms with E-state index in [9.17, 15) is 10.1 Å². The summed E-state index contributed by atoms with van der Waals surface area (Å²) in [5, 5.41) is 10.9. The Kier molecular flexibility index (Phi) is 3.01. The van der Waals surface area contributed by atoms with Crippen LogP contribution in [0.25, 0.3) is 5.57 Å². The largest absolute Gasteiger partial charge is 0.302 e. The van der Waals surface area contributed by atoms with E-state index in [1.165, 1.54) is 0 Å². The summed E-state index contributed by atoms with van der Waals surface area (Å²) in [7, 11) is 2.05. The van der Waals surface area contributed by atoms with E-state index in [-0.39, 0.29) is 10.6 Å². The fourth-order valence-corrected chi connectivity index (χ4v) is 1.92. The Morgan fingerprint density at radius 2 is 2.12 bits per heavy atom. The van der Waals surface area contributed by atoms with Crippen LogP contribution in [0.15, 0.2) is 30.3 Å². The van der Waals surface area contributed by atoms with Gasteiger partial charge in [-0.15, -0.1) is 0 Å². The van der Waals surface area contributed by atoms with Crippen molar-refractivity contribution in [1.29, 1.82) is 0 Å². The summed E-state index contributed by atoms with van der Waals surface area (Å²) < 4.78 is 0. The normalized spacial score (nSPS) is 16.9. The van der Waals surface area contributed by atoms with Crippen LogP contribution in [0.4, 0.5) is 5.69 Å². The quantitative estimate of drug-likeness (QED) is 0.565. The molecule has 0 N–H and O–H groups in total. The molecule has 0 aromatic heterocycles. The van der Waals surface area contributed by atoms with E-state index < -0.39 is 0 Å². The summed E-state index contributed by atoms with van der Waals surface area (Å²) in [6.45, 7) is 1.82. The number of hydrogen-bond donors (Lipinski definition) is 0. The highest BCUT2D eigenvalue weighted by Crippen LogP contribution is 2.29. The minimum absolute atomic E-state index is 0.207. The van der Waals surface area contributed by atoms with Crippen LogP contribution in [0.3, 0.4) is 0 Å². The van der Waals surface area contributed by atoms with Gasteiger partial charge in [-0.2, -0.15) is 0 Å². The molecule has 0 fully saturated rings. The van der Waals surface area contributed by atoms with Gasteiger partial charge in [-0.1, -0.05) is 18.2 Å². The molecule has 0 spiro atoms. The summed E-state index contributed by atoms with van der Waals surface area (Å²) in [4.78, 5) is 12.8. The number of para-hydroxylation sites is 1. The monoisotopic (exact) mass is 218 g/mol. The third kappa shape index (κ3) is 2.12. The van der Waals surface area contributed by atoms with Gasteiger partial charge in [-0.25, -0.2) is 0 Å². The highest BCUT2D eigenvalue weighted by molar-refractivity contribution is 5.73. The van der Waals surface area contributed by atoms with Crippen molar-refractivity contribution in [2.75, 3.05) is 20.1 Å². The van der Waals surface area contributed by atoms with Crippen LogP contribution < -0.4 is 0 Å². The van der Waals surface area contributed by atoms with Gasteiger partial charge >= 0.3 is 0 Å². The fraction of sp³-hybridized carbons (Fsp3) is 0.333. The van der Waals surface area contributed by atoms with Crippen molar-refractivity contribution in [1.82, 2.24) is 4.90 Å². The van der Waals surface area contributed by atoms with Gasteiger partial charge in [0.15, 0.2) is 0 Å². The average molecular weight is 218 g/mol. The van der Waals surface area contributed by atoms with E-state index in [0.29, 0.717) is 0 Å². The number of hydrogen-bond acceptors (Lipinski definition) is 3. The van der Waals surface area contributed by atoms with E-state index in [1.54, 1.807) is 12.1 Å². The highest BCUT2D eigenvalue weighted by Gasteiger charge is 2.18. The molecule has 4 heteroatoms. The highest BCUT2D eigenvalue weighted by atomic mass is 16.6. The molecule has 4 nitrogen and oxygen atoms in total. The molecular weight excluding hydrogens is 204 g/mol. The van der Waals surface area contributed by atoms with Crippen LogP contribution in [-0.4, -0.2) is 30.0 Å². The molecule has 1 aliphatic heterocycles. The molecule has 0 unspecified atom stereocenters. The second-order valence-electron chi connectivity index (χ2n) is 4.02. The van der Waals surface area contributed by atoms with Crippen molar-refractivity contribution < 1.29 is 4.92 Å². The molecule has 1 aliphatic rings. The van der Waals surface area contributed by atoms with Gasteiger partial charge in [0.1, 0.15) is 0 Å². The van der Waals surface area contributed by atoms with Gasteiger partial charge in [-0.3, -0.25) is 10.1 Å². The van der Waals surface area contributed by atoms with Gasteiger partial charge in [0, 0.05) is 19.2 Å². The zero-order valence-corrected chi connectivity index (χ0v) is 9.22. The van der Waals surface area contributed by atoms with E-state index in [1.807, 2.05) is 19.2 Å². The molecule has 0 saturated carbocycles. The van der Waals surface area contributed by atoms with Gasteiger partial charge < -0.3 is 4.90 Å². The Morgan fingerprint density at radius 1 is 1.38 bits per heavy atom. The van der Waals surface area contributed by atoms with Gasteiger partial charge in [0.05, 0.1) is 10.5 Å². The Hall–Kier alpha value is -1.68. The van der Waals surface area contributed by atoms with Gasteiger partial charge in [0.2, 0.25) is 0 Å². The van der Waals surface area contributed by atoms with E-state index >= 15 is 0 Å². The maximum Gasteiger partial charge on any atom is 0.276 e. The van der Waals surface area contributed by atoms with E-state index in [2.05, 4.69) is 11.0 Å². The fourth-order valence-electron chi connectivity index (χ4n) is 1.92. The summed E-state index contributed by atoms with van der Waals surface area (Å²) in [5.74, 6) is 0. The van der Waals surface area contributed by atoms with Crippen molar-refractivity contribution in [3.8, 4) is 0 Å². The van der Waals surface area contributed by atoms with Crippen LogP contribution in [0.2, 0.25) is 0 Å². The van der Waals surface area contributed by atoms with Crippen LogP contribution in [0.1, 0.15) is 12.0 Å². The van der Waals surface area contributed by atoms with Crippen LogP contribution in [0.5, 0.6) is 0 Å². The number of benzene rings is 1. The molecule has 1 heterocycles. The molecule has 0 saturated heterocycles. The summed E-state index contributed by atoms with van der Waals surface area (Å²) in [5.41, 5.74) is 2.06. The second kappa shape index (κ2) is 4.45. The van der Waals surface area contributed by atoms with Crippen molar-refractivity contribution in [2.24, 2.45) is 0 Å². The van der Waals surface area contributed by atoms with Crippen molar-refractivity contribution in [3.63, 3.8) is 0 Å². The third-order valence-corrected chi connectivity index (χ3v) is 2.86. The molecule has 1 aromatic rings. The van der Waals surface area contributed by atoms with Crippen LogP contribution in [-0.2, 0) is 0 Å². The van der Waals surface area contributed by atoms with Gasteiger partial charge in [-0.05, 0) is 25.1 Å². The number of nitro benzene ring substituents is 1. The lowest BCUT2D eigenvalue weighted by molar-refractivity contribution is -0.385. The van der Waals surface area contributed by atoms with Crippen molar-refractivity contribution in [3.05, 3.63) is 46.0 Å². The average Bonchev–Trinajstić information content (AvgIpc) is 2.30. The van der Waals surface area contributed by atoms with Crippen LogP contribution >= 0.6 is 0 Å². The van der Waals surface area contributed by atoms with Crippen molar-refractivity contribution >= 4 is 11.3 Å². The first kappa shape index (κ1) is 10.8. The molecule has 0 atom stereocenters. The van der Waals surface area contributed by atoms with E-state index in [4.69, 9.17) is 0 Å². The summed E-state index contributed by atoms with van der Waals surface area (Å²) in [6, 6.07) is 6.95. The summed E-state index contributed by atoms with van der Waals surface area (Å²) in [6.07, 6.45) is 2.95. The standard InChI is InChI=1S/C12H14N2O2/c1-13-8-6-10(7-9-13)11-4-2-3-5-12(11)14(15)16/h2-6H,7-9H2,1H3. The lowest BCUT2D eigenvalue weighted by Gasteiger charge is -2.21. The van der Waals surface area contributed by atoms with Crippen LogP contribution in [0, 0.1) is 10.1 Å². The molecule has 0 amide bonds. The summed E-state index contributed by atoms with van der Waals surface area (Å²) >= 11 is 0. The lowest BCUT2D eigenvalue weighted by atomic mass is 9.98. The molecule has 2 rings (SSSR count). The predicted molar refractivity (Wildman–Crippen MR) is 63.2 cm³/mol. The number of nitrogens with zero attached hydrogens (tertiary/aromatic N) is 2.